The van der Waals surface area contributed by atoms with E-state index in [0.717, 1.165) is 18.2 Å². The van der Waals surface area contributed by atoms with Gasteiger partial charge < -0.3 is 0 Å². The number of halogens is 1. The van der Waals surface area contributed by atoms with E-state index in [1.165, 1.54) is 16.7 Å². The fourth-order valence-corrected chi connectivity index (χ4v) is 1.75. The Labute approximate surface area is 95.2 Å². The predicted octanol–water partition coefficient (Wildman–Crippen LogP) is 4.27. The van der Waals surface area contributed by atoms with Crippen LogP contribution in [0.3, 0.4) is 0 Å². The maximum Gasteiger partial charge on any atom is 0.00660 e. The minimum Gasteiger partial charge on any atom is -0.0925 e. The number of hydrogen-bond donors (Lipinski definition) is 0. The molecule has 0 saturated heterocycles. The van der Waals surface area contributed by atoms with Crippen molar-refractivity contribution in [3.8, 4) is 0 Å². The van der Waals surface area contributed by atoms with Gasteiger partial charge in [-0.1, -0.05) is 57.4 Å². The van der Waals surface area contributed by atoms with Gasteiger partial charge in [-0.25, -0.2) is 0 Å². The van der Waals surface area contributed by atoms with Crippen molar-refractivity contribution in [1.82, 2.24) is 0 Å². The Kier molecular flexibility index (Phi) is 4.95. The second-order valence-corrected chi connectivity index (χ2v) is 4.49. The van der Waals surface area contributed by atoms with Gasteiger partial charge in [0.1, 0.15) is 0 Å². The molecule has 0 nitrogen and oxygen atoms in total. The summed E-state index contributed by atoms with van der Waals surface area (Å²) < 4.78 is 0. The van der Waals surface area contributed by atoms with E-state index in [-0.39, 0.29) is 0 Å². The lowest BCUT2D eigenvalue weighted by Crippen LogP contribution is -1.87. The standard InChI is InChI=1S/C13H17Br/c1-11-5-3-7-13(9-11)10-12(2)6-4-8-14/h3,5-7,9H,4,8,10H2,1-2H3. The minimum absolute atomic E-state index is 1.05. The molecule has 0 N–H and O–H groups in total. The Morgan fingerprint density at radius 3 is 2.86 bits per heavy atom. The maximum absolute atomic E-state index is 3.43. The average Bonchev–Trinajstić information content (AvgIpc) is 2.15. The van der Waals surface area contributed by atoms with E-state index in [0.29, 0.717) is 0 Å². The minimum atomic E-state index is 1.05. The third-order valence-corrected chi connectivity index (χ3v) is 2.63. The Bertz CT molecular complexity index is 313. The van der Waals surface area contributed by atoms with Gasteiger partial charge in [0.25, 0.3) is 0 Å². The summed E-state index contributed by atoms with van der Waals surface area (Å²) in [4.78, 5) is 0. The fraction of sp³-hybridized carbons (Fsp3) is 0.385. The van der Waals surface area contributed by atoms with Crippen molar-refractivity contribution in [3.05, 3.63) is 47.0 Å². The predicted molar refractivity (Wildman–Crippen MR) is 67.1 cm³/mol. The van der Waals surface area contributed by atoms with E-state index in [1.54, 1.807) is 0 Å². The number of allylic oxidation sites excluding steroid dienone is 2. The zero-order valence-electron chi connectivity index (χ0n) is 8.89. The number of rotatable bonds is 4. The van der Waals surface area contributed by atoms with Gasteiger partial charge in [0, 0.05) is 5.33 Å². The summed E-state index contributed by atoms with van der Waals surface area (Å²) >= 11 is 3.43. The van der Waals surface area contributed by atoms with Crippen LogP contribution in [0.4, 0.5) is 0 Å². The molecule has 0 aromatic heterocycles. The fourth-order valence-electron chi connectivity index (χ4n) is 1.52. The molecule has 1 heteroatoms. The number of alkyl halides is 1. The molecule has 0 heterocycles. The lowest BCUT2D eigenvalue weighted by Gasteiger charge is -2.02. The highest BCUT2D eigenvalue weighted by Gasteiger charge is 1.94. The van der Waals surface area contributed by atoms with E-state index < -0.39 is 0 Å². The molecule has 0 bridgehead atoms. The average molecular weight is 253 g/mol. The van der Waals surface area contributed by atoms with Crippen molar-refractivity contribution in [1.29, 1.82) is 0 Å². The molecule has 76 valence electrons. The zero-order valence-corrected chi connectivity index (χ0v) is 10.5. The van der Waals surface area contributed by atoms with Gasteiger partial charge in [-0.2, -0.15) is 0 Å². The highest BCUT2D eigenvalue weighted by atomic mass is 79.9. The van der Waals surface area contributed by atoms with Gasteiger partial charge in [0.15, 0.2) is 0 Å². The van der Waals surface area contributed by atoms with E-state index >= 15 is 0 Å². The van der Waals surface area contributed by atoms with Crippen LogP contribution in [0.5, 0.6) is 0 Å². The first-order chi connectivity index (χ1) is 6.72. The van der Waals surface area contributed by atoms with Crippen LogP contribution in [0.15, 0.2) is 35.9 Å². The third-order valence-electron chi connectivity index (χ3n) is 2.17. The maximum atomic E-state index is 3.43. The normalized spacial score (nSPS) is 11.8. The summed E-state index contributed by atoms with van der Waals surface area (Å²) in [7, 11) is 0. The first-order valence-electron chi connectivity index (χ1n) is 4.99. The van der Waals surface area contributed by atoms with Crippen molar-refractivity contribution < 1.29 is 0 Å². The van der Waals surface area contributed by atoms with Crippen molar-refractivity contribution in [3.63, 3.8) is 0 Å². The van der Waals surface area contributed by atoms with Gasteiger partial charge >= 0.3 is 0 Å². The molecule has 0 amide bonds. The molecule has 14 heavy (non-hydrogen) atoms. The Hall–Kier alpha value is -0.560. The van der Waals surface area contributed by atoms with Crippen molar-refractivity contribution >= 4 is 15.9 Å². The van der Waals surface area contributed by atoms with E-state index in [4.69, 9.17) is 0 Å². The summed E-state index contributed by atoms with van der Waals surface area (Å²) in [6.07, 6.45) is 4.50. The Morgan fingerprint density at radius 1 is 1.43 bits per heavy atom. The van der Waals surface area contributed by atoms with E-state index in [9.17, 15) is 0 Å². The molecule has 0 spiro atoms. The molecule has 0 aliphatic rings. The SMILES string of the molecule is CC(=CCCBr)Cc1cccc(C)c1. The quantitative estimate of drug-likeness (QED) is 0.555. The first kappa shape index (κ1) is 11.5. The smallest absolute Gasteiger partial charge is 0.00660 e. The highest BCUT2D eigenvalue weighted by molar-refractivity contribution is 9.09. The van der Waals surface area contributed by atoms with Gasteiger partial charge in [0.2, 0.25) is 0 Å². The molecule has 0 radical (unpaired) electrons. The first-order valence-corrected chi connectivity index (χ1v) is 6.11. The molecule has 1 aromatic carbocycles. The van der Waals surface area contributed by atoms with Gasteiger partial charge in [0.05, 0.1) is 0 Å². The van der Waals surface area contributed by atoms with Crippen LogP contribution in [-0.4, -0.2) is 5.33 Å². The Morgan fingerprint density at radius 2 is 2.21 bits per heavy atom. The van der Waals surface area contributed by atoms with Crippen LogP contribution < -0.4 is 0 Å². The molecular formula is C13H17Br. The molecule has 1 rings (SSSR count). The monoisotopic (exact) mass is 252 g/mol. The van der Waals surface area contributed by atoms with Crippen molar-refractivity contribution in [2.45, 2.75) is 26.7 Å². The van der Waals surface area contributed by atoms with Gasteiger partial charge in [-0.3, -0.25) is 0 Å². The van der Waals surface area contributed by atoms with Gasteiger partial charge in [-0.15, -0.1) is 0 Å². The van der Waals surface area contributed by atoms with Crippen molar-refractivity contribution in [2.24, 2.45) is 0 Å². The van der Waals surface area contributed by atoms with Crippen molar-refractivity contribution in [2.75, 3.05) is 5.33 Å². The number of benzene rings is 1. The number of hydrogen-bond acceptors (Lipinski definition) is 0. The van der Waals surface area contributed by atoms with E-state index in [1.807, 2.05) is 0 Å². The molecule has 1 aromatic rings. The largest absolute Gasteiger partial charge is 0.0925 e. The summed E-state index contributed by atoms with van der Waals surface area (Å²) in [6.45, 7) is 4.34. The van der Waals surface area contributed by atoms with Gasteiger partial charge in [-0.05, 0) is 32.3 Å². The molecule has 0 aliphatic carbocycles. The Balaban J connectivity index is 2.60. The molecule has 0 atom stereocenters. The molecule has 0 saturated carbocycles. The van der Waals surface area contributed by atoms with Crippen LogP contribution in [0.1, 0.15) is 24.5 Å². The number of aryl methyl sites for hydroxylation is 1. The zero-order chi connectivity index (χ0) is 10.4. The van der Waals surface area contributed by atoms with Crippen LogP contribution >= 0.6 is 15.9 Å². The molecule has 0 fully saturated rings. The summed E-state index contributed by atoms with van der Waals surface area (Å²) in [6, 6.07) is 8.72. The second-order valence-electron chi connectivity index (χ2n) is 3.69. The lowest BCUT2D eigenvalue weighted by molar-refractivity contribution is 1.09. The molecule has 0 aliphatic heterocycles. The summed E-state index contributed by atoms with van der Waals surface area (Å²) in [5.74, 6) is 0. The molecular weight excluding hydrogens is 236 g/mol. The van der Waals surface area contributed by atoms with Crippen LogP contribution in [0, 0.1) is 6.92 Å². The highest BCUT2D eigenvalue weighted by Crippen LogP contribution is 2.10. The lowest BCUT2D eigenvalue weighted by atomic mass is 10.0. The van der Waals surface area contributed by atoms with Crippen LogP contribution in [0.25, 0.3) is 0 Å². The van der Waals surface area contributed by atoms with Crippen LogP contribution in [0.2, 0.25) is 0 Å². The second kappa shape index (κ2) is 6.02. The van der Waals surface area contributed by atoms with Crippen LogP contribution in [-0.2, 0) is 6.42 Å². The molecule has 0 unspecified atom stereocenters. The third kappa shape index (κ3) is 4.10. The summed E-state index contributed by atoms with van der Waals surface area (Å²) in [5.41, 5.74) is 4.21. The topological polar surface area (TPSA) is 0 Å². The summed E-state index contributed by atoms with van der Waals surface area (Å²) in [5, 5.41) is 1.05. The van der Waals surface area contributed by atoms with E-state index in [2.05, 4.69) is 60.1 Å².